The van der Waals surface area contributed by atoms with E-state index in [1.807, 2.05) is 0 Å². The number of halogens is 1. The normalized spacial score (nSPS) is 11.4. The van der Waals surface area contributed by atoms with Gasteiger partial charge in [0.25, 0.3) is 5.91 Å². The van der Waals surface area contributed by atoms with Crippen LogP contribution in [0.2, 0.25) is 5.02 Å². The molecule has 0 aliphatic heterocycles. The number of hydrogen-bond donors (Lipinski definition) is 3. The van der Waals surface area contributed by atoms with Crippen LogP contribution in [-0.4, -0.2) is 35.5 Å². The van der Waals surface area contributed by atoms with E-state index in [9.17, 15) is 14.4 Å². The van der Waals surface area contributed by atoms with Crippen LogP contribution in [0.3, 0.4) is 0 Å². The molecule has 1 atom stereocenters. The van der Waals surface area contributed by atoms with Gasteiger partial charge in [0, 0.05) is 0 Å². The lowest BCUT2D eigenvalue weighted by atomic mass is 10.2. The van der Waals surface area contributed by atoms with Crippen LogP contribution < -0.4 is 15.8 Å². The maximum absolute atomic E-state index is 11.5. The molecular weight excluding hydrogens is 288 g/mol. The summed E-state index contributed by atoms with van der Waals surface area (Å²) in [5.41, 5.74) is 4.89. The molecule has 0 spiro atoms. The number of rotatable bonds is 7. The highest BCUT2D eigenvalue weighted by Gasteiger charge is 2.22. The molecule has 1 rings (SSSR count). The van der Waals surface area contributed by atoms with E-state index < -0.39 is 36.9 Å². The number of ether oxygens (including phenoxy) is 1. The molecule has 0 fully saturated rings. The zero-order valence-electron chi connectivity index (χ0n) is 10.3. The molecule has 108 valence electrons. The van der Waals surface area contributed by atoms with Gasteiger partial charge in [0.15, 0.2) is 6.61 Å². The molecule has 0 bridgehead atoms. The predicted molar refractivity (Wildman–Crippen MR) is 70.3 cm³/mol. The fourth-order valence-electron chi connectivity index (χ4n) is 1.34. The van der Waals surface area contributed by atoms with Crippen molar-refractivity contribution in [3.8, 4) is 5.75 Å². The van der Waals surface area contributed by atoms with E-state index in [0.29, 0.717) is 10.8 Å². The Hall–Kier alpha value is -2.28. The number of nitrogens with one attached hydrogen (secondary N) is 1. The number of carbonyl (C=O) groups excluding carboxylic acids is 2. The summed E-state index contributed by atoms with van der Waals surface area (Å²) < 4.78 is 5.13. The summed E-state index contributed by atoms with van der Waals surface area (Å²) in [7, 11) is 0. The lowest BCUT2D eigenvalue weighted by molar-refractivity contribution is -0.143. The maximum atomic E-state index is 11.5. The van der Waals surface area contributed by atoms with Crippen LogP contribution in [-0.2, 0) is 14.4 Å². The topological polar surface area (TPSA) is 119 Å². The van der Waals surface area contributed by atoms with Crippen LogP contribution in [0.5, 0.6) is 5.75 Å². The second-order valence-electron chi connectivity index (χ2n) is 3.85. The Morgan fingerprint density at radius 1 is 1.35 bits per heavy atom. The molecule has 0 unspecified atom stereocenters. The van der Waals surface area contributed by atoms with Gasteiger partial charge in [0.2, 0.25) is 5.91 Å². The molecule has 4 N–H and O–H groups in total. The largest absolute Gasteiger partial charge is 0.482 e. The maximum Gasteiger partial charge on any atom is 0.326 e. The highest BCUT2D eigenvalue weighted by atomic mass is 35.5. The fourth-order valence-corrected chi connectivity index (χ4v) is 1.53. The summed E-state index contributed by atoms with van der Waals surface area (Å²) in [5, 5.41) is 11.3. The van der Waals surface area contributed by atoms with Crippen LogP contribution in [0.25, 0.3) is 0 Å². The van der Waals surface area contributed by atoms with Crippen molar-refractivity contribution < 1.29 is 24.2 Å². The minimum Gasteiger partial charge on any atom is -0.482 e. The van der Waals surface area contributed by atoms with Crippen LogP contribution in [0.4, 0.5) is 0 Å². The Balaban J connectivity index is 2.52. The van der Waals surface area contributed by atoms with Crippen molar-refractivity contribution in [3.63, 3.8) is 0 Å². The summed E-state index contributed by atoms with van der Waals surface area (Å²) >= 11 is 5.82. The minimum absolute atomic E-state index is 0.297. The number of carbonyl (C=O) groups is 3. The Morgan fingerprint density at radius 2 is 2.00 bits per heavy atom. The first-order valence-corrected chi connectivity index (χ1v) is 5.95. The second-order valence-corrected chi connectivity index (χ2v) is 4.26. The molecule has 1 aromatic carbocycles. The molecule has 0 radical (unpaired) electrons. The van der Waals surface area contributed by atoms with Crippen molar-refractivity contribution in [3.05, 3.63) is 29.3 Å². The summed E-state index contributed by atoms with van der Waals surface area (Å²) in [6, 6.07) is 5.14. The number of benzene rings is 1. The number of para-hydroxylation sites is 1. The smallest absolute Gasteiger partial charge is 0.326 e. The molecule has 0 saturated carbocycles. The average Bonchev–Trinajstić information content (AvgIpc) is 2.36. The second kappa shape index (κ2) is 7.34. The third kappa shape index (κ3) is 5.15. The zero-order chi connectivity index (χ0) is 15.1. The van der Waals surface area contributed by atoms with E-state index in [2.05, 4.69) is 5.32 Å². The minimum atomic E-state index is -1.38. The predicted octanol–water partition coefficient (Wildman–Crippen LogP) is 0.164. The lowest BCUT2D eigenvalue weighted by Gasteiger charge is -2.13. The van der Waals surface area contributed by atoms with E-state index in [1.165, 1.54) is 0 Å². The van der Waals surface area contributed by atoms with Crippen molar-refractivity contribution >= 4 is 29.4 Å². The quantitative estimate of drug-likeness (QED) is 0.663. The zero-order valence-corrected chi connectivity index (χ0v) is 11.1. The Kier molecular flexibility index (Phi) is 5.79. The summed E-state index contributed by atoms with van der Waals surface area (Å²) in [5.74, 6) is -2.58. The highest BCUT2D eigenvalue weighted by Crippen LogP contribution is 2.22. The van der Waals surface area contributed by atoms with Crippen LogP contribution in [0, 0.1) is 0 Å². The van der Waals surface area contributed by atoms with Gasteiger partial charge in [0.1, 0.15) is 11.8 Å². The highest BCUT2D eigenvalue weighted by molar-refractivity contribution is 6.32. The number of carboxylic acid groups (broad SMARTS) is 1. The van der Waals surface area contributed by atoms with Gasteiger partial charge in [0.05, 0.1) is 11.4 Å². The van der Waals surface area contributed by atoms with Gasteiger partial charge < -0.3 is 20.9 Å². The van der Waals surface area contributed by atoms with Gasteiger partial charge in [-0.25, -0.2) is 4.79 Å². The van der Waals surface area contributed by atoms with Gasteiger partial charge in [-0.3, -0.25) is 9.59 Å². The van der Waals surface area contributed by atoms with Crippen LogP contribution in [0.15, 0.2) is 24.3 Å². The summed E-state index contributed by atoms with van der Waals surface area (Å²) in [6.07, 6.45) is -0.493. The average molecular weight is 301 g/mol. The molecule has 0 aliphatic rings. The molecule has 0 aliphatic carbocycles. The van der Waals surface area contributed by atoms with E-state index in [-0.39, 0.29) is 0 Å². The molecule has 0 aromatic heterocycles. The Bertz CT molecular complexity index is 520. The monoisotopic (exact) mass is 300 g/mol. The van der Waals surface area contributed by atoms with Gasteiger partial charge in [-0.05, 0) is 12.1 Å². The van der Waals surface area contributed by atoms with Gasteiger partial charge in [-0.2, -0.15) is 0 Å². The number of amides is 2. The van der Waals surface area contributed by atoms with Crippen molar-refractivity contribution in [1.82, 2.24) is 5.32 Å². The molecule has 1 aromatic rings. The van der Waals surface area contributed by atoms with Crippen molar-refractivity contribution in [2.24, 2.45) is 5.73 Å². The summed E-state index contributed by atoms with van der Waals surface area (Å²) in [4.78, 5) is 33.0. The lowest BCUT2D eigenvalue weighted by Crippen LogP contribution is -2.45. The Labute approximate surface area is 119 Å². The Morgan fingerprint density at radius 3 is 2.55 bits per heavy atom. The molecule has 8 heteroatoms. The number of nitrogens with two attached hydrogens (primary N) is 1. The van der Waals surface area contributed by atoms with Crippen LogP contribution in [0.1, 0.15) is 6.42 Å². The fraction of sp³-hybridized carbons (Fsp3) is 0.250. The van der Waals surface area contributed by atoms with E-state index in [0.717, 1.165) is 0 Å². The van der Waals surface area contributed by atoms with Gasteiger partial charge in [-0.15, -0.1) is 0 Å². The first kappa shape index (κ1) is 15.8. The number of aliphatic carboxylic acids is 1. The van der Waals surface area contributed by atoms with Crippen molar-refractivity contribution in [2.45, 2.75) is 12.5 Å². The standard InChI is InChI=1S/C12H13ClN2O5/c13-7-3-1-2-4-9(7)20-6-11(17)15-8(12(18)19)5-10(14)16/h1-4,8H,5-6H2,(H2,14,16)(H,15,17)(H,18,19)/t8-/m1/s1. The summed E-state index contributed by atoms with van der Waals surface area (Å²) in [6.45, 7) is -0.424. The molecular formula is C12H13ClN2O5. The van der Waals surface area contributed by atoms with Gasteiger partial charge >= 0.3 is 5.97 Å². The number of carboxylic acids is 1. The first-order chi connectivity index (χ1) is 9.40. The number of primary amides is 1. The van der Waals surface area contributed by atoms with E-state index in [4.69, 9.17) is 27.2 Å². The third-order valence-electron chi connectivity index (χ3n) is 2.23. The molecule has 2 amide bonds. The molecule has 7 nitrogen and oxygen atoms in total. The first-order valence-electron chi connectivity index (χ1n) is 5.58. The number of hydrogen-bond acceptors (Lipinski definition) is 4. The van der Waals surface area contributed by atoms with E-state index >= 15 is 0 Å². The van der Waals surface area contributed by atoms with Crippen molar-refractivity contribution in [2.75, 3.05) is 6.61 Å². The van der Waals surface area contributed by atoms with Crippen molar-refractivity contribution in [1.29, 1.82) is 0 Å². The van der Waals surface area contributed by atoms with E-state index in [1.54, 1.807) is 24.3 Å². The SMILES string of the molecule is NC(=O)C[C@@H](NC(=O)COc1ccccc1Cl)C(=O)O. The molecule has 0 saturated heterocycles. The van der Waals surface area contributed by atoms with Gasteiger partial charge in [-0.1, -0.05) is 23.7 Å². The molecule has 0 heterocycles. The van der Waals surface area contributed by atoms with Crippen LogP contribution >= 0.6 is 11.6 Å². The third-order valence-corrected chi connectivity index (χ3v) is 2.55. The molecule has 20 heavy (non-hydrogen) atoms.